The Labute approximate surface area is 129 Å². The summed E-state index contributed by atoms with van der Waals surface area (Å²) in [4.78, 5) is 20.9. The number of carbonyl (C=O) groups excluding carboxylic acids is 1. The van der Waals surface area contributed by atoms with Crippen LogP contribution in [0.1, 0.15) is 21.5 Å². The third kappa shape index (κ3) is 3.93. The molecule has 0 aliphatic heterocycles. The summed E-state index contributed by atoms with van der Waals surface area (Å²) in [7, 11) is 2.89. The normalized spacial score (nSPS) is 11.1. The lowest BCUT2D eigenvalue weighted by molar-refractivity contribution is 0.0601. The fraction of sp³-hybridized carbons (Fsp3) is 0.176. The van der Waals surface area contributed by atoms with Crippen molar-refractivity contribution < 1.29 is 14.4 Å². The first-order valence-corrected chi connectivity index (χ1v) is 6.77. The first-order valence-electron chi connectivity index (χ1n) is 6.77. The Morgan fingerprint density at radius 2 is 1.55 bits per heavy atom. The molecule has 5 heteroatoms. The molecule has 0 amide bonds. The van der Waals surface area contributed by atoms with Gasteiger partial charge < -0.3 is 4.74 Å². The molecule has 2 aromatic rings. The van der Waals surface area contributed by atoms with Gasteiger partial charge in [-0.15, -0.1) is 0 Å². The number of hydrogen-bond donors (Lipinski definition) is 1. The maximum absolute atomic E-state index is 11.4. The summed E-state index contributed by atoms with van der Waals surface area (Å²) in [5.74, 6) is 0.220. The Morgan fingerprint density at radius 1 is 0.955 bits per heavy atom. The largest absolute Gasteiger partial charge is 0.465 e. The number of benzene rings is 2. The van der Waals surface area contributed by atoms with E-state index in [1.165, 1.54) is 19.8 Å². The van der Waals surface area contributed by atoms with E-state index in [9.17, 15) is 4.79 Å². The highest BCUT2D eigenvalue weighted by molar-refractivity contribution is 5.99. The molecule has 0 atom stereocenters. The summed E-state index contributed by atoms with van der Waals surface area (Å²) >= 11 is 0. The SMILES string of the molecule is CONC(=Nc1ccc(C(=O)OC)cc1)c1ccc(C)cc1. The van der Waals surface area contributed by atoms with Crippen LogP contribution in [0.5, 0.6) is 0 Å². The average Bonchev–Trinajstić information content (AvgIpc) is 2.55. The molecule has 0 heterocycles. The zero-order valence-electron chi connectivity index (χ0n) is 12.8. The smallest absolute Gasteiger partial charge is 0.337 e. The van der Waals surface area contributed by atoms with Crippen LogP contribution in [0.3, 0.4) is 0 Å². The number of ether oxygens (including phenoxy) is 1. The molecule has 0 radical (unpaired) electrons. The van der Waals surface area contributed by atoms with Gasteiger partial charge in [-0.2, -0.15) is 0 Å². The van der Waals surface area contributed by atoms with E-state index in [2.05, 4.69) is 15.2 Å². The first kappa shape index (κ1) is 15.7. The minimum atomic E-state index is -0.371. The highest BCUT2D eigenvalue weighted by atomic mass is 16.6. The van der Waals surface area contributed by atoms with Gasteiger partial charge in [-0.25, -0.2) is 15.3 Å². The second-order valence-electron chi connectivity index (χ2n) is 4.67. The van der Waals surface area contributed by atoms with E-state index in [-0.39, 0.29) is 5.97 Å². The summed E-state index contributed by atoms with van der Waals surface area (Å²) in [6, 6.07) is 14.8. The maximum Gasteiger partial charge on any atom is 0.337 e. The number of nitrogens with zero attached hydrogens (tertiary/aromatic N) is 1. The molecule has 0 aromatic heterocycles. The van der Waals surface area contributed by atoms with Crippen molar-refractivity contribution in [1.29, 1.82) is 0 Å². The number of rotatable bonds is 4. The Bertz CT molecular complexity index is 661. The van der Waals surface area contributed by atoms with Crippen LogP contribution in [0.25, 0.3) is 0 Å². The van der Waals surface area contributed by atoms with E-state index in [4.69, 9.17) is 4.84 Å². The van der Waals surface area contributed by atoms with E-state index < -0.39 is 0 Å². The monoisotopic (exact) mass is 298 g/mol. The zero-order chi connectivity index (χ0) is 15.9. The topological polar surface area (TPSA) is 59.9 Å². The molecule has 1 N–H and O–H groups in total. The molecule has 0 bridgehead atoms. The Balaban J connectivity index is 2.29. The van der Waals surface area contributed by atoms with Crippen LogP contribution in [-0.2, 0) is 9.57 Å². The summed E-state index contributed by atoms with van der Waals surface area (Å²) in [5.41, 5.74) is 6.04. The van der Waals surface area contributed by atoms with Crippen LogP contribution >= 0.6 is 0 Å². The van der Waals surface area contributed by atoms with Crippen molar-refractivity contribution in [2.75, 3.05) is 14.2 Å². The minimum absolute atomic E-state index is 0.371. The standard InChI is InChI=1S/C17H18N2O3/c1-12-4-6-13(7-5-12)16(19-22-3)18-15-10-8-14(9-11-15)17(20)21-2/h4-11H,1-3H3,(H,18,19). The van der Waals surface area contributed by atoms with Gasteiger partial charge in [0.1, 0.15) is 0 Å². The highest BCUT2D eigenvalue weighted by Gasteiger charge is 2.06. The molecule has 0 unspecified atom stereocenters. The molecule has 0 aliphatic carbocycles. The Kier molecular flexibility index (Phi) is 5.27. The van der Waals surface area contributed by atoms with Crippen molar-refractivity contribution in [3.05, 3.63) is 65.2 Å². The van der Waals surface area contributed by atoms with Crippen molar-refractivity contribution in [1.82, 2.24) is 5.48 Å². The Morgan fingerprint density at radius 3 is 2.09 bits per heavy atom. The van der Waals surface area contributed by atoms with Crippen LogP contribution in [0.15, 0.2) is 53.5 Å². The van der Waals surface area contributed by atoms with Gasteiger partial charge in [0.15, 0.2) is 5.84 Å². The van der Waals surface area contributed by atoms with E-state index >= 15 is 0 Å². The molecule has 0 fully saturated rings. The first-order chi connectivity index (χ1) is 10.6. The molecule has 5 nitrogen and oxygen atoms in total. The van der Waals surface area contributed by atoms with Crippen LogP contribution in [-0.4, -0.2) is 26.0 Å². The number of aliphatic imine (C=N–C) groups is 1. The number of aryl methyl sites for hydroxylation is 1. The van der Waals surface area contributed by atoms with Crippen molar-refractivity contribution in [3.63, 3.8) is 0 Å². The third-order valence-electron chi connectivity index (χ3n) is 3.05. The van der Waals surface area contributed by atoms with Gasteiger partial charge >= 0.3 is 5.97 Å². The van der Waals surface area contributed by atoms with Gasteiger partial charge in [-0.3, -0.25) is 4.84 Å². The molecule has 0 saturated heterocycles. The summed E-state index contributed by atoms with van der Waals surface area (Å²) < 4.78 is 4.67. The molecule has 2 rings (SSSR count). The zero-order valence-corrected chi connectivity index (χ0v) is 12.8. The minimum Gasteiger partial charge on any atom is -0.465 e. The van der Waals surface area contributed by atoms with Crippen molar-refractivity contribution in [3.8, 4) is 0 Å². The van der Waals surface area contributed by atoms with Gasteiger partial charge in [0.05, 0.1) is 25.5 Å². The summed E-state index contributed by atoms with van der Waals surface area (Å²) in [6.45, 7) is 2.02. The van der Waals surface area contributed by atoms with Gasteiger partial charge in [-0.05, 0) is 31.2 Å². The van der Waals surface area contributed by atoms with Crippen molar-refractivity contribution >= 4 is 17.5 Å². The van der Waals surface area contributed by atoms with Crippen LogP contribution in [0, 0.1) is 6.92 Å². The van der Waals surface area contributed by atoms with Gasteiger partial charge in [0.2, 0.25) is 0 Å². The van der Waals surface area contributed by atoms with E-state index in [0.29, 0.717) is 17.1 Å². The van der Waals surface area contributed by atoms with E-state index in [1.807, 2.05) is 31.2 Å². The number of nitrogens with one attached hydrogen (secondary N) is 1. The van der Waals surface area contributed by atoms with Crippen molar-refractivity contribution in [2.24, 2.45) is 4.99 Å². The van der Waals surface area contributed by atoms with Crippen LogP contribution < -0.4 is 5.48 Å². The lowest BCUT2D eigenvalue weighted by atomic mass is 10.1. The van der Waals surface area contributed by atoms with Gasteiger partial charge in [0.25, 0.3) is 0 Å². The fourth-order valence-electron chi connectivity index (χ4n) is 1.87. The fourth-order valence-corrected chi connectivity index (χ4v) is 1.87. The molecule has 0 saturated carbocycles. The van der Waals surface area contributed by atoms with E-state index in [0.717, 1.165) is 5.56 Å². The van der Waals surface area contributed by atoms with E-state index in [1.54, 1.807) is 24.3 Å². The third-order valence-corrected chi connectivity index (χ3v) is 3.05. The quantitative estimate of drug-likeness (QED) is 0.408. The predicted octanol–water partition coefficient (Wildman–Crippen LogP) is 3.01. The second-order valence-corrected chi connectivity index (χ2v) is 4.67. The lowest BCUT2D eigenvalue weighted by Gasteiger charge is -2.08. The average molecular weight is 298 g/mol. The predicted molar refractivity (Wildman–Crippen MR) is 85.3 cm³/mol. The van der Waals surface area contributed by atoms with Gasteiger partial charge in [-0.1, -0.05) is 29.8 Å². The molecular weight excluding hydrogens is 280 g/mol. The van der Waals surface area contributed by atoms with Crippen molar-refractivity contribution in [2.45, 2.75) is 6.92 Å². The number of hydrogen-bond acceptors (Lipinski definition) is 4. The number of methoxy groups -OCH3 is 1. The maximum atomic E-state index is 11.4. The van der Waals surface area contributed by atoms with Crippen LogP contribution in [0.2, 0.25) is 0 Å². The number of amidine groups is 1. The molecule has 0 spiro atoms. The number of carbonyl (C=O) groups is 1. The molecule has 2 aromatic carbocycles. The second kappa shape index (κ2) is 7.38. The molecular formula is C17H18N2O3. The molecule has 114 valence electrons. The number of hydroxylamine groups is 1. The molecule has 0 aliphatic rings. The Hall–Kier alpha value is -2.66. The summed E-state index contributed by atoms with van der Waals surface area (Å²) in [6.07, 6.45) is 0. The highest BCUT2D eigenvalue weighted by Crippen LogP contribution is 2.15. The lowest BCUT2D eigenvalue weighted by Crippen LogP contribution is -2.22. The number of esters is 1. The van der Waals surface area contributed by atoms with Gasteiger partial charge in [0, 0.05) is 5.56 Å². The summed E-state index contributed by atoms with van der Waals surface area (Å²) in [5, 5.41) is 0. The molecule has 22 heavy (non-hydrogen) atoms. The van der Waals surface area contributed by atoms with Crippen LogP contribution in [0.4, 0.5) is 5.69 Å².